The van der Waals surface area contributed by atoms with E-state index in [2.05, 4.69) is 5.32 Å². The van der Waals surface area contributed by atoms with Crippen LogP contribution < -0.4 is 15.8 Å². The lowest BCUT2D eigenvalue weighted by atomic mass is 10.2. The highest BCUT2D eigenvalue weighted by atomic mass is 16.6. The summed E-state index contributed by atoms with van der Waals surface area (Å²) >= 11 is 0. The summed E-state index contributed by atoms with van der Waals surface area (Å²) in [7, 11) is 0. The Bertz CT molecular complexity index is 372. The van der Waals surface area contributed by atoms with E-state index in [4.69, 9.17) is 10.5 Å². The van der Waals surface area contributed by atoms with E-state index in [1.165, 1.54) is 0 Å². The van der Waals surface area contributed by atoms with Crippen molar-refractivity contribution in [3.8, 4) is 5.75 Å². The van der Waals surface area contributed by atoms with Crippen LogP contribution in [-0.2, 0) is 6.54 Å². The molecule has 3 N–H and O–H groups in total. The standard InChI is InChI=1S/C12H17N3O2/c13-9-10-1-3-11(4-2-10)17-12(16)15-7-5-14-6-8-15/h1-4,14H,5-9,13H2. The Morgan fingerprint density at radius 2 is 1.94 bits per heavy atom. The Kier molecular flexibility index (Phi) is 3.95. The fourth-order valence-corrected chi connectivity index (χ4v) is 1.71. The van der Waals surface area contributed by atoms with Crippen molar-refractivity contribution >= 4 is 6.09 Å². The summed E-state index contributed by atoms with van der Waals surface area (Å²) in [6.45, 7) is 3.52. The summed E-state index contributed by atoms with van der Waals surface area (Å²) in [4.78, 5) is 13.5. The fourth-order valence-electron chi connectivity index (χ4n) is 1.71. The highest BCUT2D eigenvalue weighted by molar-refractivity contribution is 5.70. The second-order valence-electron chi connectivity index (χ2n) is 3.95. The molecular formula is C12H17N3O2. The zero-order valence-corrected chi connectivity index (χ0v) is 9.69. The summed E-state index contributed by atoms with van der Waals surface area (Å²) in [6.07, 6.45) is -0.285. The maximum atomic E-state index is 11.8. The van der Waals surface area contributed by atoms with Crippen LogP contribution >= 0.6 is 0 Å². The molecule has 0 aromatic heterocycles. The molecule has 0 radical (unpaired) electrons. The topological polar surface area (TPSA) is 67.6 Å². The predicted octanol–water partition coefficient (Wildman–Crippen LogP) is 0.549. The fraction of sp³-hybridized carbons (Fsp3) is 0.417. The average molecular weight is 235 g/mol. The summed E-state index contributed by atoms with van der Waals surface area (Å²) < 4.78 is 5.27. The van der Waals surface area contributed by atoms with E-state index >= 15 is 0 Å². The van der Waals surface area contributed by atoms with Crippen LogP contribution in [0.25, 0.3) is 0 Å². The number of amides is 1. The lowest BCUT2D eigenvalue weighted by Crippen LogP contribution is -2.47. The smallest absolute Gasteiger partial charge is 0.410 e. The van der Waals surface area contributed by atoms with Crippen LogP contribution in [0.4, 0.5) is 4.79 Å². The van der Waals surface area contributed by atoms with Crippen molar-refractivity contribution in [2.24, 2.45) is 5.73 Å². The van der Waals surface area contributed by atoms with Gasteiger partial charge < -0.3 is 20.7 Å². The van der Waals surface area contributed by atoms with Crippen LogP contribution in [0.5, 0.6) is 5.75 Å². The summed E-state index contributed by atoms with van der Waals surface area (Å²) in [5, 5.41) is 3.19. The molecule has 0 spiro atoms. The van der Waals surface area contributed by atoms with Crippen LogP contribution in [0.2, 0.25) is 0 Å². The minimum absolute atomic E-state index is 0.285. The Morgan fingerprint density at radius 1 is 1.29 bits per heavy atom. The molecule has 1 aliphatic heterocycles. The minimum atomic E-state index is -0.285. The van der Waals surface area contributed by atoms with Crippen LogP contribution in [-0.4, -0.2) is 37.2 Å². The number of hydrogen-bond donors (Lipinski definition) is 2. The Hall–Kier alpha value is -1.59. The van der Waals surface area contributed by atoms with E-state index in [0.717, 1.165) is 18.7 Å². The van der Waals surface area contributed by atoms with Gasteiger partial charge in [0.25, 0.3) is 0 Å². The molecule has 1 fully saturated rings. The van der Waals surface area contributed by atoms with Crippen molar-refractivity contribution in [2.75, 3.05) is 26.2 Å². The van der Waals surface area contributed by atoms with Gasteiger partial charge in [-0.2, -0.15) is 0 Å². The zero-order chi connectivity index (χ0) is 12.1. The molecule has 1 aromatic carbocycles. The van der Waals surface area contributed by atoms with Crippen LogP contribution in [0.15, 0.2) is 24.3 Å². The molecule has 5 heteroatoms. The van der Waals surface area contributed by atoms with Gasteiger partial charge in [-0.15, -0.1) is 0 Å². The maximum Gasteiger partial charge on any atom is 0.415 e. The van der Waals surface area contributed by atoms with Gasteiger partial charge in [-0.1, -0.05) is 12.1 Å². The molecule has 1 aliphatic rings. The highest BCUT2D eigenvalue weighted by Crippen LogP contribution is 2.13. The first-order valence-corrected chi connectivity index (χ1v) is 5.76. The van der Waals surface area contributed by atoms with E-state index in [1.807, 2.05) is 12.1 Å². The third kappa shape index (κ3) is 3.18. The van der Waals surface area contributed by atoms with Crippen molar-refractivity contribution in [3.05, 3.63) is 29.8 Å². The Labute approximate surface area is 101 Å². The quantitative estimate of drug-likeness (QED) is 0.785. The van der Waals surface area contributed by atoms with Gasteiger partial charge >= 0.3 is 6.09 Å². The largest absolute Gasteiger partial charge is 0.415 e. The summed E-state index contributed by atoms with van der Waals surface area (Å²) in [5.74, 6) is 0.561. The molecule has 17 heavy (non-hydrogen) atoms. The molecule has 0 unspecified atom stereocenters. The van der Waals surface area contributed by atoms with Crippen LogP contribution in [0, 0.1) is 0 Å². The molecule has 1 saturated heterocycles. The first-order valence-electron chi connectivity index (χ1n) is 5.76. The highest BCUT2D eigenvalue weighted by Gasteiger charge is 2.17. The van der Waals surface area contributed by atoms with Crippen LogP contribution in [0.3, 0.4) is 0 Å². The number of carbonyl (C=O) groups excluding carboxylic acids is 1. The van der Waals surface area contributed by atoms with E-state index in [9.17, 15) is 4.79 Å². The molecule has 2 rings (SSSR count). The first-order chi connectivity index (χ1) is 8.29. The molecule has 0 atom stereocenters. The second-order valence-corrected chi connectivity index (χ2v) is 3.95. The SMILES string of the molecule is NCc1ccc(OC(=O)N2CCNCC2)cc1. The van der Waals surface area contributed by atoms with Gasteiger partial charge in [0, 0.05) is 32.7 Å². The third-order valence-electron chi connectivity index (χ3n) is 2.74. The molecule has 1 amide bonds. The summed E-state index contributed by atoms with van der Waals surface area (Å²) in [6, 6.07) is 7.26. The predicted molar refractivity (Wildman–Crippen MR) is 64.8 cm³/mol. The van der Waals surface area contributed by atoms with Crippen molar-refractivity contribution in [1.29, 1.82) is 0 Å². The van der Waals surface area contributed by atoms with Gasteiger partial charge in [0.2, 0.25) is 0 Å². The zero-order valence-electron chi connectivity index (χ0n) is 9.69. The van der Waals surface area contributed by atoms with Gasteiger partial charge in [0.15, 0.2) is 0 Å². The van der Waals surface area contributed by atoms with Gasteiger partial charge in [0.1, 0.15) is 5.75 Å². The number of carbonyl (C=O) groups is 1. The lowest BCUT2D eigenvalue weighted by molar-refractivity contribution is 0.146. The van der Waals surface area contributed by atoms with Gasteiger partial charge in [-0.05, 0) is 17.7 Å². The second kappa shape index (κ2) is 5.65. The molecule has 5 nitrogen and oxygen atoms in total. The Balaban J connectivity index is 1.92. The van der Waals surface area contributed by atoms with E-state index in [-0.39, 0.29) is 6.09 Å². The lowest BCUT2D eigenvalue weighted by Gasteiger charge is -2.26. The first kappa shape index (κ1) is 11.9. The number of piperazine rings is 1. The van der Waals surface area contributed by atoms with E-state index in [0.29, 0.717) is 25.4 Å². The molecule has 0 bridgehead atoms. The van der Waals surface area contributed by atoms with Crippen LogP contribution in [0.1, 0.15) is 5.56 Å². The molecule has 1 heterocycles. The van der Waals surface area contributed by atoms with Gasteiger partial charge in [0.05, 0.1) is 0 Å². The average Bonchev–Trinajstić information content (AvgIpc) is 2.40. The molecular weight excluding hydrogens is 218 g/mol. The summed E-state index contributed by atoms with van der Waals surface area (Å²) in [5.41, 5.74) is 6.52. The molecule has 0 saturated carbocycles. The number of nitrogens with zero attached hydrogens (tertiary/aromatic N) is 1. The number of benzene rings is 1. The molecule has 1 aromatic rings. The van der Waals surface area contributed by atoms with Crippen molar-refractivity contribution in [2.45, 2.75) is 6.54 Å². The maximum absolute atomic E-state index is 11.8. The normalized spacial score (nSPS) is 15.7. The number of nitrogens with two attached hydrogens (primary N) is 1. The monoisotopic (exact) mass is 235 g/mol. The molecule has 92 valence electrons. The number of rotatable bonds is 2. The van der Waals surface area contributed by atoms with Crippen molar-refractivity contribution < 1.29 is 9.53 Å². The minimum Gasteiger partial charge on any atom is -0.410 e. The van der Waals surface area contributed by atoms with Gasteiger partial charge in [-0.3, -0.25) is 0 Å². The number of nitrogens with one attached hydrogen (secondary N) is 1. The Morgan fingerprint density at radius 3 is 2.53 bits per heavy atom. The number of hydrogen-bond acceptors (Lipinski definition) is 4. The third-order valence-corrected chi connectivity index (χ3v) is 2.74. The number of ether oxygens (including phenoxy) is 1. The van der Waals surface area contributed by atoms with Crippen molar-refractivity contribution in [3.63, 3.8) is 0 Å². The molecule has 0 aliphatic carbocycles. The van der Waals surface area contributed by atoms with E-state index < -0.39 is 0 Å². The van der Waals surface area contributed by atoms with Crippen molar-refractivity contribution in [1.82, 2.24) is 10.2 Å². The van der Waals surface area contributed by atoms with Gasteiger partial charge in [-0.25, -0.2) is 4.79 Å². The van der Waals surface area contributed by atoms with E-state index in [1.54, 1.807) is 17.0 Å².